The van der Waals surface area contributed by atoms with Gasteiger partial charge in [0, 0.05) is 48.6 Å². The molecule has 0 unspecified atom stereocenters. The molecule has 1 saturated heterocycles. The predicted molar refractivity (Wildman–Crippen MR) is 132 cm³/mol. The minimum absolute atomic E-state index is 0.0312. The molecule has 2 amide bonds. The number of benzene rings is 1. The average Bonchev–Trinajstić information content (AvgIpc) is 3.46. The van der Waals surface area contributed by atoms with E-state index in [-0.39, 0.29) is 30.4 Å². The number of halogens is 1. The highest BCUT2D eigenvalue weighted by molar-refractivity contribution is 6.31. The third kappa shape index (κ3) is 4.92. The predicted octanol–water partition coefficient (Wildman–Crippen LogP) is 5.09. The van der Waals surface area contributed by atoms with Crippen LogP contribution in [0.3, 0.4) is 0 Å². The maximum absolute atomic E-state index is 13.9. The molecule has 1 aromatic heterocycles. The van der Waals surface area contributed by atoms with Crippen molar-refractivity contribution in [3.8, 4) is 5.75 Å². The van der Waals surface area contributed by atoms with E-state index >= 15 is 0 Å². The summed E-state index contributed by atoms with van der Waals surface area (Å²) in [5.74, 6) is 2.18. The highest BCUT2D eigenvalue weighted by Crippen LogP contribution is 2.43. The van der Waals surface area contributed by atoms with Gasteiger partial charge in [-0.2, -0.15) is 0 Å². The van der Waals surface area contributed by atoms with Gasteiger partial charge in [-0.05, 0) is 56.2 Å². The highest BCUT2D eigenvalue weighted by Gasteiger charge is 2.40. The normalized spacial score (nSPS) is 24.5. The molecule has 0 N–H and O–H groups in total. The molecular formula is C27H34ClN3O4. The molecule has 0 radical (unpaired) electrons. The molecule has 1 aliphatic carbocycles. The van der Waals surface area contributed by atoms with Gasteiger partial charge in [0.25, 0.3) is 0 Å². The van der Waals surface area contributed by atoms with Crippen LogP contribution < -0.4 is 4.74 Å². The number of fused-ring (bicyclic) bond motifs is 1. The molecule has 5 rings (SSSR count). The van der Waals surface area contributed by atoms with Crippen molar-refractivity contribution in [2.45, 2.75) is 71.4 Å². The number of aromatic nitrogens is 1. The van der Waals surface area contributed by atoms with Gasteiger partial charge in [0.15, 0.2) is 0 Å². The zero-order chi connectivity index (χ0) is 24.5. The zero-order valence-electron chi connectivity index (χ0n) is 20.6. The van der Waals surface area contributed by atoms with E-state index in [9.17, 15) is 9.59 Å². The maximum Gasteiger partial charge on any atom is 0.226 e. The molecule has 188 valence electrons. The third-order valence-electron chi connectivity index (χ3n) is 7.90. The molecule has 8 heteroatoms. The van der Waals surface area contributed by atoms with Crippen LogP contribution in [0, 0.1) is 18.8 Å². The lowest BCUT2D eigenvalue weighted by molar-refractivity contribution is -0.143. The molecule has 3 atom stereocenters. The van der Waals surface area contributed by atoms with Gasteiger partial charge >= 0.3 is 0 Å². The second-order valence-electron chi connectivity index (χ2n) is 10.3. The molecule has 3 heterocycles. The second kappa shape index (κ2) is 10.2. The Morgan fingerprint density at radius 3 is 2.74 bits per heavy atom. The molecule has 3 aliphatic rings. The lowest BCUT2D eigenvalue weighted by atomic mass is 9.78. The Morgan fingerprint density at radius 1 is 1.20 bits per heavy atom. The van der Waals surface area contributed by atoms with Gasteiger partial charge in [0.2, 0.25) is 11.8 Å². The molecule has 1 saturated carbocycles. The fourth-order valence-electron chi connectivity index (χ4n) is 6.00. The smallest absolute Gasteiger partial charge is 0.226 e. The lowest BCUT2D eigenvalue weighted by Crippen LogP contribution is -2.49. The standard InChI is InChI=1S/C27H34ClN3O4/c1-17-6-3-4-7-20(17)27(33)31-13-11-21-22(28)9-10-24(34-16-19-14-18(2)35-29-19)26(21)23(31)15-30-12-5-8-25(30)32/h9-10,14,17,20,23H,3-8,11-13,15-16H2,1-2H3/t17-,20+,23+/m0/s1. The molecule has 2 aliphatic heterocycles. The fraction of sp³-hybridized carbons (Fsp3) is 0.593. The Bertz CT molecular complexity index is 1100. The number of nitrogens with zero attached hydrogens (tertiary/aromatic N) is 3. The Hall–Kier alpha value is -2.54. The second-order valence-corrected chi connectivity index (χ2v) is 10.7. The lowest BCUT2D eigenvalue weighted by Gasteiger charge is -2.43. The van der Waals surface area contributed by atoms with Crippen LogP contribution >= 0.6 is 11.6 Å². The molecular weight excluding hydrogens is 466 g/mol. The van der Waals surface area contributed by atoms with E-state index < -0.39 is 0 Å². The van der Waals surface area contributed by atoms with E-state index in [0.29, 0.717) is 48.3 Å². The molecule has 2 aromatic rings. The SMILES string of the molecule is Cc1cc(COc2ccc(Cl)c3c2[C@@H](CN2CCCC2=O)N(C(=O)[C@@H]2CCCC[C@@H]2C)CC3)no1. The first-order chi connectivity index (χ1) is 16.9. The summed E-state index contributed by atoms with van der Waals surface area (Å²) in [5, 5.41) is 4.72. The Balaban J connectivity index is 1.50. The van der Waals surface area contributed by atoms with Crippen molar-refractivity contribution in [2.75, 3.05) is 19.6 Å². The molecule has 1 aromatic carbocycles. The molecule has 35 heavy (non-hydrogen) atoms. The van der Waals surface area contributed by atoms with Crippen molar-refractivity contribution in [1.29, 1.82) is 0 Å². The van der Waals surface area contributed by atoms with Crippen LogP contribution in [0.1, 0.15) is 74.1 Å². The van der Waals surface area contributed by atoms with E-state index in [2.05, 4.69) is 12.1 Å². The first-order valence-electron chi connectivity index (χ1n) is 12.9. The van der Waals surface area contributed by atoms with Gasteiger partial charge in [-0.3, -0.25) is 9.59 Å². The van der Waals surface area contributed by atoms with Crippen molar-refractivity contribution < 1.29 is 18.8 Å². The quantitative estimate of drug-likeness (QED) is 0.553. The van der Waals surface area contributed by atoms with E-state index in [0.717, 1.165) is 49.1 Å². The molecule has 0 spiro atoms. The number of rotatable bonds is 6. The molecule has 7 nitrogen and oxygen atoms in total. The fourth-order valence-corrected chi connectivity index (χ4v) is 6.26. The van der Waals surface area contributed by atoms with Crippen LogP contribution in [0.2, 0.25) is 5.02 Å². The third-order valence-corrected chi connectivity index (χ3v) is 8.25. The van der Waals surface area contributed by atoms with Crippen LogP contribution in [0.5, 0.6) is 5.75 Å². The van der Waals surface area contributed by atoms with Crippen molar-refractivity contribution in [2.24, 2.45) is 11.8 Å². The van der Waals surface area contributed by atoms with Crippen LogP contribution in [0.15, 0.2) is 22.7 Å². The van der Waals surface area contributed by atoms with Gasteiger partial charge in [0.1, 0.15) is 23.8 Å². The topological polar surface area (TPSA) is 75.9 Å². The average molecular weight is 500 g/mol. The van der Waals surface area contributed by atoms with Crippen molar-refractivity contribution in [3.63, 3.8) is 0 Å². The first kappa shape index (κ1) is 24.2. The van der Waals surface area contributed by atoms with Crippen molar-refractivity contribution in [3.05, 3.63) is 45.8 Å². The molecule has 2 fully saturated rings. The zero-order valence-corrected chi connectivity index (χ0v) is 21.4. The van der Waals surface area contributed by atoms with E-state index in [1.54, 1.807) is 0 Å². The first-order valence-corrected chi connectivity index (χ1v) is 13.2. The summed E-state index contributed by atoms with van der Waals surface area (Å²) in [7, 11) is 0. The number of hydrogen-bond acceptors (Lipinski definition) is 5. The monoisotopic (exact) mass is 499 g/mol. The maximum atomic E-state index is 13.9. The Morgan fingerprint density at radius 2 is 2.03 bits per heavy atom. The summed E-state index contributed by atoms with van der Waals surface area (Å²) in [6.07, 6.45) is 6.41. The number of hydrogen-bond donors (Lipinski definition) is 0. The number of ether oxygens (including phenoxy) is 1. The summed E-state index contributed by atoms with van der Waals surface area (Å²) in [4.78, 5) is 30.5. The van der Waals surface area contributed by atoms with Crippen molar-refractivity contribution in [1.82, 2.24) is 15.0 Å². The van der Waals surface area contributed by atoms with Gasteiger partial charge in [0.05, 0.1) is 6.04 Å². The van der Waals surface area contributed by atoms with Gasteiger partial charge in [-0.1, -0.05) is 36.5 Å². The van der Waals surface area contributed by atoms with Crippen LogP contribution in [0.25, 0.3) is 0 Å². The van der Waals surface area contributed by atoms with Crippen LogP contribution in [-0.4, -0.2) is 46.4 Å². The van der Waals surface area contributed by atoms with Gasteiger partial charge < -0.3 is 19.1 Å². The van der Waals surface area contributed by atoms with Gasteiger partial charge in [-0.15, -0.1) is 0 Å². The van der Waals surface area contributed by atoms with E-state index in [1.807, 2.05) is 34.9 Å². The summed E-state index contributed by atoms with van der Waals surface area (Å²) in [6, 6.07) is 5.31. The summed E-state index contributed by atoms with van der Waals surface area (Å²) in [5.41, 5.74) is 2.65. The Labute approximate surface area is 211 Å². The van der Waals surface area contributed by atoms with Gasteiger partial charge in [-0.25, -0.2) is 0 Å². The minimum atomic E-state index is -0.282. The number of carbonyl (C=O) groups excluding carboxylic acids is 2. The number of amides is 2. The van der Waals surface area contributed by atoms with Crippen molar-refractivity contribution >= 4 is 23.4 Å². The number of carbonyl (C=O) groups is 2. The summed E-state index contributed by atoms with van der Waals surface area (Å²) >= 11 is 6.68. The van der Waals surface area contributed by atoms with E-state index in [1.165, 1.54) is 6.42 Å². The van der Waals surface area contributed by atoms with Crippen LogP contribution in [-0.2, 0) is 22.6 Å². The summed E-state index contributed by atoms with van der Waals surface area (Å²) < 4.78 is 11.4. The van der Waals surface area contributed by atoms with Crippen LogP contribution in [0.4, 0.5) is 0 Å². The number of likely N-dealkylation sites (tertiary alicyclic amines) is 1. The number of aryl methyl sites for hydroxylation is 1. The summed E-state index contributed by atoms with van der Waals surface area (Å²) in [6.45, 7) is 6.10. The highest BCUT2D eigenvalue weighted by atomic mass is 35.5. The largest absolute Gasteiger partial charge is 0.487 e. The molecule has 0 bridgehead atoms. The van der Waals surface area contributed by atoms with E-state index in [4.69, 9.17) is 20.9 Å². The minimum Gasteiger partial charge on any atom is -0.487 e. The Kier molecular flexibility index (Phi) is 7.05.